The SMILES string of the molecule is CCC(C)CC(C)N1C(=O)CNC(=O)C1C. The highest BCUT2D eigenvalue weighted by Gasteiger charge is 2.34. The maximum absolute atomic E-state index is 11.8. The molecule has 1 heterocycles. The molecule has 92 valence electrons. The van der Waals surface area contributed by atoms with Crippen molar-refractivity contribution in [1.29, 1.82) is 0 Å². The molecule has 3 atom stereocenters. The third-order valence-corrected chi connectivity index (χ3v) is 3.41. The number of hydrogen-bond donors (Lipinski definition) is 1. The van der Waals surface area contributed by atoms with E-state index in [1.54, 1.807) is 11.8 Å². The Labute approximate surface area is 97.4 Å². The summed E-state index contributed by atoms with van der Waals surface area (Å²) in [5, 5.41) is 2.60. The van der Waals surface area contributed by atoms with Crippen molar-refractivity contribution >= 4 is 11.8 Å². The summed E-state index contributed by atoms with van der Waals surface area (Å²) in [6.07, 6.45) is 2.06. The fourth-order valence-electron chi connectivity index (χ4n) is 2.23. The third-order valence-electron chi connectivity index (χ3n) is 3.41. The Balaban J connectivity index is 2.67. The number of nitrogens with zero attached hydrogens (tertiary/aromatic N) is 1. The quantitative estimate of drug-likeness (QED) is 0.782. The Hall–Kier alpha value is -1.06. The largest absolute Gasteiger partial charge is 0.345 e. The number of carbonyl (C=O) groups is 2. The lowest BCUT2D eigenvalue weighted by Crippen LogP contribution is -2.59. The van der Waals surface area contributed by atoms with Crippen LogP contribution in [0.15, 0.2) is 0 Å². The number of hydrogen-bond acceptors (Lipinski definition) is 2. The van der Waals surface area contributed by atoms with Gasteiger partial charge in [0.05, 0.1) is 6.54 Å². The van der Waals surface area contributed by atoms with Crippen LogP contribution in [0.1, 0.15) is 40.5 Å². The highest BCUT2D eigenvalue weighted by Crippen LogP contribution is 2.18. The fraction of sp³-hybridized carbons (Fsp3) is 0.833. The van der Waals surface area contributed by atoms with Gasteiger partial charge in [0.1, 0.15) is 6.04 Å². The van der Waals surface area contributed by atoms with Crippen LogP contribution in [0.25, 0.3) is 0 Å². The molecule has 1 aliphatic rings. The molecular formula is C12H22N2O2. The summed E-state index contributed by atoms with van der Waals surface area (Å²) in [6, 6.07) is -0.191. The Morgan fingerprint density at radius 3 is 2.62 bits per heavy atom. The first-order valence-electron chi connectivity index (χ1n) is 6.06. The van der Waals surface area contributed by atoms with Gasteiger partial charge >= 0.3 is 0 Å². The first-order valence-corrected chi connectivity index (χ1v) is 6.06. The highest BCUT2D eigenvalue weighted by molar-refractivity contribution is 5.94. The predicted octanol–water partition coefficient (Wildman–Crippen LogP) is 1.16. The minimum atomic E-state index is -0.333. The predicted molar refractivity (Wildman–Crippen MR) is 62.9 cm³/mol. The minimum absolute atomic E-state index is 0.0305. The van der Waals surface area contributed by atoms with E-state index < -0.39 is 0 Å². The van der Waals surface area contributed by atoms with Crippen molar-refractivity contribution in [2.24, 2.45) is 5.92 Å². The van der Waals surface area contributed by atoms with Gasteiger partial charge in [0.25, 0.3) is 0 Å². The van der Waals surface area contributed by atoms with Crippen molar-refractivity contribution in [3.8, 4) is 0 Å². The lowest BCUT2D eigenvalue weighted by atomic mass is 9.97. The second-order valence-electron chi connectivity index (χ2n) is 4.79. The van der Waals surface area contributed by atoms with Gasteiger partial charge in [-0.3, -0.25) is 9.59 Å². The second kappa shape index (κ2) is 5.32. The summed E-state index contributed by atoms with van der Waals surface area (Å²) in [5.74, 6) is 0.568. The molecule has 16 heavy (non-hydrogen) atoms. The van der Waals surface area contributed by atoms with Crippen molar-refractivity contribution in [3.63, 3.8) is 0 Å². The van der Waals surface area contributed by atoms with E-state index in [4.69, 9.17) is 0 Å². The molecule has 0 aromatic heterocycles. The van der Waals surface area contributed by atoms with Gasteiger partial charge in [-0.25, -0.2) is 0 Å². The zero-order chi connectivity index (χ0) is 12.3. The maximum atomic E-state index is 11.8. The number of amides is 2. The van der Waals surface area contributed by atoms with Crippen molar-refractivity contribution in [2.45, 2.75) is 52.6 Å². The van der Waals surface area contributed by atoms with Gasteiger partial charge in [-0.05, 0) is 26.2 Å². The Morgan fingerprint density at radius 2 is 2.06 bits per heavy atom. The van der Waals surface area contributed by atoms with Gasteiger partial charge in [0, 0.05) is 6.04 Å². The first-order chi connectivity index (χ1) is 7.47. The van der Waals surface area contributed by atoms with Crippen molar-refractivity contribution < 1.29 is 9.59 Å². The van der Waals surface area contributed by atoms with Crippen LogP contribution in [0.2, 0.25) is 0 Å². The van der Waals surface area contributed by atoms with E-state index in [2.05, 4.69) is 19.2 Å². The van der Waals surface area contributed by atoms with Crippen LogP contribution in [0.5, 0.6) is 0 Å². The van der Waals surface area contributed by atoms with Gasteiger partial charge in [0.15, 0.2) is 0 Å². The topological polar surface area (TPSA) is 49.4 Å². The van der Waals surface area contributed by atoms with E-state index in [0.29, 0.717) is 5.92 Å². The van der Waals surface area contributed by atoms with E-state index in [9.17, 15) is 9.59 Å². The first kappa shape index (κ1) is 13.0. The Kier molecular flexibility index (Phi) is 4.33. The van der Waals surface area contributed by atoms with E-state index >= 15 is 0 Å². The van der Waals surface area contributed by atoms with E-state index in [-0.39, 0.29) is 30.4 Å². The molecule has 1 saturated heterocycles. The van der Waals surface area contributed by atoms with Crippen molar-refractivity contribution in [1.82, 2.24) is 10.2 Å². The van der Waals surface area contributed by atoms with Crippen LogP contribution in [-0.2, 0) is 9.59 Å². The molecule has 0 aromatic carbocycles. The molecule has 1 N–H and O–H groups in total. The van der Waals surface area contributed by atoms with Crippen molar-refractivity contribution in [3.05, 3.63) is 0 Å². The molecule has 0 radical (unpaired) electrons. The maximum Gasteiger partial charge on any atom is 0.242 e. The summed E-state index contributed by atoms with van der Waals surface area (Å²) in [7, 11) is 0. The molecule has 3 unspecified atom stereocenters. The van der Waals surface area contributed by atoms with E-state index in [0.717, 1.165) is 12.8 Å². The molecule has 0 spiro atoms. The Bertz CT molecular complexity index is 278. The molecule has 2 amide bonds. The molecule has 1 fully saturated rings. The van der Waals surface area contributed by atoms with Gasteiger partial charge in [-0.2, -0.15) is 0 Å². The molecule has 0 aliphatic carbocycles. The average Bonchev–Trinajstić information content (AvgIpc) is 2.24. The van der Waals surface area contributed by atoms with Crippen LogP contribution in [0, 0.1) is 5.92 Å². The van der Waals surface area contributed by atoms with Gasteiger partial charge < -0.3 is 10.2 Å². The van der Waals surface area contributed by atoms with Crippen LogP contribution < -0.4 is 5.32 Å². The summed E-state index contributed by atoms with van der Waals surface area (Å²) in [4.78, 5) is 25.0. The van der Waals surface area contributed by atoms with Gasteiger partial charge in [0.2, 0.25) is 11.8 Å². The zero-order valence-electron chi connectivity index (χ0n) is 10.6. The molecular weight excluding hydrogens is 204 g/mol. The smallest absolute Gasteiger partial charge is 0.242 e. The van der Waals surface area contributed by atoms with Crippen LogP contribution in [-0.4, -0.2) is 35.3 Å². The summed E-state index contributed by atoms with van der Waals surface area (Å²) in [5.41, 5.74) is 0. The number of carbonyl (C=O) groups excluding carboxylic acids is 2. The number of rotatable bonds is 4. The summed E-state index contributed by atoms with van der Waals surface area (Å²) >= 11 is 0. The standard InChI is InChI=1S/C12H22N2O2/c1-5-8(2)6-9(3)14-10(4)12(16)13-7-11(14)15/h8-10H,5-7H2,1-4H3,(H,13,16). The van der Waals surface area contributed by atoms with Crippen LogP contribution >= 0.6 is 0 Å². The lowest BCUT2D eigenvalue weighted by molar-refractivity contribution is -0.147. The molecule has 0 saturated carbocycles. The van der Waals surface area contributed by atoms with Gasteiger partial charge in [-0.1, -0.05) is 20.3 Å². The molecule has 1 aliphatic heterocycles. The second-order valence-corrected chi connectivity index (χ2v) is 4.79. The third kappa shape index (κ3) is 2.74. The average molecular weight is 226 g/mol. The molecule has 4 nitrogen and oxygen atoms in total. The molecule has 0 aromatic rings. The molecule has 0 bridgehead atoms. The lowest BCUT2D eigenvalue weighted by Gasteiger charge is -2.38. The summed E-state index contributed by atoms with van der Waals surface area (Å²) in [6.45, 7) is 8.29. The zero-order valence-corrected chi connectivity index (χ0v) is 10.6. The Morgan fingerprint density at radius 1 is 1.44 bits per heavy atom. The van der Waals surface area contributed by atoms with E-state index in [1.807, 2.05) is 6.92 Å². The molecule has 4 heteroatoms. The summed E-state index contributed by atoms with van der Waals surface area (Å²) < 4.78 is 0. The minimum Gasteiger partial charge on any atom is -0.345 e. The van der Waals surface area contributed by atoms with Crippen molar-refractivity contribution in [2.75, 3.05) is 6.54 Å². The number of nitrogens with one attached hydrogen (secondary N) is 1. The van der Waals surface area contributed by atoms with Crippen LogP contribution in [0.3, 0.4) is 0 Å². The van der Waals surface area contributed by atoms with Gasteiger partial charge in [-0.15, -0.1) is 0 Å². The fourth-order valence-corrected chi connectivity index (χ4v) is 2.23. The normalized spacial score (nSPS) is 25.2. The molecule has 1 rings (SSSR count). The van der Waals surface area contributed by atoms with Crippen LogP contribution in [0.4, 0.5) is 0 Å². The van der Waals surface area contributed by atoms with E-state index in [1.165, 1.54) is 0 Å². The highest BCUT2D eigenvalue weighted by atomic mass is 16.2. The monoisotopic (exact) mass is 226 g/mol. The number of piperazine rings is 1.